The number of hydrogen-bond donors (Lipinski definition) is 13. The number of nitrogens with zero attached hydrogens (tertiary/aromatic N) is 4. The number of benzene rings is 4. The van der Waals surface area contributed by atoms with Crippen LogP contribution in [0, 0.1) is 6.92 Å². The van der Waals surface area contributed by atoms with Gasteiger partial charge < -0.3 is 91.8 Å². The molecule has 0 aliphatic carbocycles. The first-order chi connectivity index (χ1) is 45.1. The molecule has 0 spiro atoms. The van der Waals surface area contributed by atoms with Crippen LogP contribution in [0.5, 0.6) is 23.0 Å². The zero-order valence-corrected chi connectivity index (χ0v) is 55.1. The zero-order chi connectivity index (χ0) is 70.7. The van der Waals surface area contributed by atoms with Crippen LogP contribution in [0.15, 0.2) is 92.8 Å². The molecule has 4 rings (SSSR count). The number of aryl methyl sites for hydroxylation is 1. The van der Waals surface area contributed by atoms with E-state index >= 15 is 0 Å². The summed E-state index contributed by atoms with van der Waals surface area (Å²) in [6.45, 7) is 6.30. The normalized spacial score (nSPS) is 11.8. The minimum Gasteiger partial charge on any atom is -0.496 e. The monoisotopic (exact) mass is 1320 g/mol. The van der Waals surface area contributed by atoms with Crippen LogP contribution in [-0.4, -0.2) is 155 Å². The van der Waals surface area contributed by atoms with Crippen molar-refractivity contribution in [2.75, 3.05) is 54.6 Å². The summed E-state index contributed by atoms with van der Waals surface area (Å²) in [5.74, 6) is -2.87. The molecule has 22 N–H and O–H groups in total. The van der Waals surface area contributed by atoms with Crippen LogP contribution >= 0.6 is 0 Å². The van der Waals surface area contributed by atoms with Gasteiger partial charge in [-0.2, -0.15) is 0 Å². The molecule has 4 aromatic carbocycles. The molecule has 4 atom stereocenters. The number of Topliss-reactive ketones (excluding diaryl/α,β-unsaturated/α-hetero) is 4. The Balaban J connectivity index is 0.000000581. The maximum absolute atomic E-state index is 14.0. The third-order valence-electron chi connectivity index (χ3n) is 14.5. The first kappa shape index (κ1) is 78.4. The van der Waals surface area contributed by atoms with Crippen molar-refractivity contribution in [3.63, 3.8) is 0 Å². The highest BCUT2D eigenvalue weighted by molar-refractivity contribution is 6.03. The van der Waals surface area contributed by atoms with Crippen molar-refractivity contribution in [2.45, 2.75) is 128 Å². The number of nitrogens with two attached hydrogens (primary N) is 9. The lowest BCUT2D eigenvalue weighted by molar-refractivity contribution is -0.127. The number of amides is 5. The van der Waals surface area contributed by atoms with Gasteiger partial charge in [-0.05, 0) is 130 Å². The quantitative estimate of drug-likeness (QED) is 0.0167. The highest BCUT2D eigenvalue weighted by atomic mass is 16.5. The Hall–Kier alpha value is -10.8. The molecule has 30 nitrogen and oxygen atoms in total. The fourth-order valence-corrected chi connectivity index (χ4v) is 9.55. The summed E-state index contributed by atoms with van der Waals surface area (Å²) in [5, 5.41) is 11.1. The number of hydrogen-bond acceptors (Lipinski definition) is 17. The molecule has 4 aromatic rings. The molecule has 516 valence electrons. The van der Waals surface area contributed by atoms with Gasteiger partial charge in [-0.1, -0.05) is 36.8 Å². The zero-order valence-electron chi connectivity index (χ0n) is 55.1. The summed E-state index contributed by atoms with van der Waals surface area (Å²) in [4.78, 5) is 133. The molecule has 0 heterocycles. The van der Waals surface area contributed by atoms with Crippen molar-refractivity contribution >= 4 is 76.5 Å². The van der Waals surface area contributed by atoms with E-state index in [2.05, 4.69) is 41.2 Å². The van der Waals surface area contributed by atoms with Crippen molar-refractivity contribution in [2.24, 2.45) is 71.6 Å². The lowest BCUT2D eigenvalue weighted by Crippen LogP contribution is -2.42. The number of rotatable bonds is 40. The fourth-order valence-electron chi connectivity index (χ4n) is 9.55. The van der Waals surface area contributed by atoms with E-state index in [4.69, 9.17) is 70.6 Å². The molecule has 0 saturated carbocycles. The van der Waals surface area contributed by atoms with E-state index in [0.717, 1.165) is 5.56 Å². The minimum atomic E-state index is -1.04. The molecular weight excluding hydrogens is 1230 g/mol. The summed E-state index contributed by atoms with van der Waals surface area (Å²) >= 11 is 0. The standard InChI is InChI=1S/C41H62N12O8.C24H31N5O5/c1-5-31(54)29(10-8-18-49-40(44)45)52-37(58)28-21-26(14-16-35(28)61-4)23-33(56)30(11-9-19-50-41(46)47)53-38(59)27-20-25(13-15-34(27)60-3)22-32(55)24(2)51-36(57)12-6-7-17-48-39(42)43;1-14-6-8-21(34-3)17(11-14)23(32)29-18(5-4-10-28-24(26)27)19(30)13-15-7-9-20(33-2)16(12-15)22(25)31/h13-16,20-21,24,29-30H,5-12,17-19,22-23H2,1-4H3,(H,51,57)(H,52,58)(H,53,59)(H4,42,43,48)(H4,44,45,49)(H4,46,47,50);6-9,11-12,18H,4-5,10,13H2,1-3H3,(H2,25,31)(H,29,32)(H4,26,27,28)/t24-,29-,30-;18-/m00/s1. The smallest absolute Gasteiger partial charge is 0.255 e. The van der Waals surface area contributed by atoms with E-state index in [-0.39, 0.29) is 133 Å². The Kier molecular flexibility index (Phi) is 33.8. The van der Waals surface area contributed by atoms with Crippen molar-refractivity contribution < 1.29 is 62.1 Å². The second-order valence-electron chi connectivity index (χ2n) is 21.9. The second kappa shape index (κ2) is 40.9. The summed E-state index contributed by atoms with van der Waals surface area (Å²) in [6, 6.07) is 15.8. The molecule has 0 unspecified atom stereocenters. The Morgan fingerprint density at radius 2 is 0.737 bits per heavy atom. The van der Waals surface area contributed by atoms with Gasteiger partial charge in [0.15, 0.2) is 47.0 Å². The third-order valence-corrected chi connectivity index (χ3v) is 14.5. The summed E-state index contributed by atoms with van der Waals surface area (Å²) < 4.78 is 21.3. The van der Waals surface area contributed by atoms with E-state index < -0.39 is 47.8 Å². The largest absolute Gasteiger partial charge is 0.496 e. The van der Waals surface area contributed by atoms with E-state index in [0.29, 0.717) is 91.8 Å². The SMILES string of the molecule is CCC(=O)[C@H](CCCN=C(N)N)NC(=O)c1cc(CC(=O)[C@H](CCCN=C(N)N)NC(=O)c2cc(CC(=O)[C@H](C)NC(=O)CCCCN=C(N)N)ccc2OC)ccc1OC.COc1ccc(CC(=O)[C@H](CCCN=C(N)N)NC(=O)c2cc(C)ccc2OC)cc1C(N)=O. The van der Waals surface area contributed by atoms with E-state index in [1.807, 2.05) is 13.0 Å². The molecule has 5 amide bonds. The van der Waals surface area contributed by atoms with Gasteiger partial charge in [0.05, 0.1) is 74.9 Å². The maximum Gasteiger partial charge on any atom is 0.255 e. The average Bonchev–Trinajstić information content (AvgIpc) is 0.867. The van der Waals surface area contributed by atoms with Crippen LogP contribution in [-0.2, 0) is 43.2 Å². The highest BCUT2D eigenvalue weighted by Crippen LogP contribution is 2.26. The van der Waals surface area contributed by atoms with Crippen LogP contribution < -0.4 is 91.8 Å². The van der Waals surface area contributed by atoms with Crippen LogP contribution in [0.25, 0.3) is 0 Å². The molecule has 0 fully saturated rings. The van der Waals surface area contributed by atoms with Crippen molar-refractivity contribution in [1.29, 1.82) is 0 Å². The fraction of sp³-hybridized carbons (Fsp3) is 0.431. The molecule has 0 aromatic heterocycles. The van der Waals surface area contributed by atoms with Gasteiger partial charge in [-0.3, -0.25) is 63.1 Å². The highest BCUT2D eigenvalue weighted by Gasteiger charge is 2.28. The third kappa shape index (κ3) is 27.9. The Morgan fingerprint density at radius 1 is 0.411 bits per heavy atom. The van der Waals surface area contributed by atoms with Crippen molar-refractivity contribution in [3.05, 3.63) is 117 Å². The van der Waals surface area contributed by atoms with Gasteiger partial charge in [-0.15, -0.1) is 0 Å². The Bertz CT molecular complexity index is 3430. The molecule has 30 heteroatoms. The van der Waals surface area contributed by atoms with E-state index in [1.54, 1.807) is 62.4 Å². The number of carbonyl (C=O) groups is 9. The van der Waals surface area contributed by atoms with Gasteiger partial charge in [0.2, 0.25) is 5.91 Å². The van der Waals surface area contributed by atoms with Crippen LogP contribution in [0.2, 0.25) is 0 Å². The van der Waals surface area contributed by atoms with Gasteiger partial charge >= 0.3 is 0 Å². The average molecular weight is 1320 g/mol. The van der Waals surface area contributed by atoms with Crippen molar-refractivity contribution in [1.82, 2.24) is 21.3 Å². The summed E-state index contributed by atoms with van der Waals surface area (Å²) in [7, 11) is 5.67. The molecule has 0 radical (unpaired) electrons. The number of methoxy groups -OCH3 is 4. The number of primary amides is 1. The number of ketones is 4. The molecular formula is C65H93N17O13. The first-order valence-corrected chi connectivity index (χ1v) is 30.6. The first-order valence-electron chi connectivity index (χ1n) is 30.6. The topological polar surface area (TPSA) is 522 Å². The van der Waals surface area contributed by atoms with Crippen LogP contribution in [0.4, 0.5) is 0 Å². The van der Waals surface area contributed by atoms with Gasteiger partial charge in [0.25, 0.3) is 23.6 Å². The minimum absolute atomic E-state index is 0.0224. The predicted molar refractivity (Wildman–Crippen MR) is 362 cm³/mol. The second-order valence-corrected chi connectivity index (χ2v) is 21.9. The molecule has 0 saturated heterocycles. The molecule has 95 heavy (non-hydrogen) atoms. The number of guanidine groups is 4. The maximum atomic E-state index is 14.0. The lowest BCUT2D eigenvalue weighted by Gasteiger charge is -2.20. The van der Waals surface area contributed by atoms with Gasteiger partial charge in [0.1, 0.15) is 23.0 Å². The lowest BCUT2D eigenvalue weighted by atomic mass is 9.97. The van der Waals surface area contributed by atoms with E-state index in [9.17, 15) is 43.2 Å². The number of aliphatic imine (C=N–C) groups is 4. The summed E-state index contributed by atoms with van der Waals surface area (Å²) in [5.41, 5.74) is 51.6. The molecule has 0 aliphatic heterocycles. The van der Waals surface area contributed by atoms with Gasteiger partial charge in [-0.25, -0.2) is 0 Å². The number of nitrogens with one attached hydrogen (secondary N) is 4. The molecule has 0 bridgehead atoms. The summed E-state index contributed by atoms with van der Waals surface area (Å²) in [6.07, 6.45) is 3.18. The Morgan fingerprint density at radius 3 is 1.09 bits per heavy atom. The van der Waals surface area contributed by atoms with Crippen LogP contribution in [0.3, 0.4) is 0 Å². The van der Waals surface area contributed by atoms with E-state index in [1.165, 1.54) is 46.6 Å². The molecule has 0 aliphatic rings. The Labute approximate surface area is 552 Å². The number of unbranched alkanes of at least 4 members (excludes halogenated alkanes) is 1. The van der Waals surface area contributed by atoms with Crippen LogP contribution in [0.1, 0.15) is 142 Å². The number of carbonyl (C=O) groups excluding carboxylic acids is 9. The predicted octanol–water partition coefficient (Wildman–Crippen LogP) is 0.934. The van der Waals surface area contributed by atoms with Gasteiger partial charge in [0, 0.05) is 58.3 Å². The number of ether oxygens (including phenoxy) is 4. The van der Waals surface area contributed by atoms with Crippen molar-refractivity contribution in [3.8, 4) is 23.0 Å².